The Labute approximate surface area is 222 Å². The van der Waals surface area contributed by atoms with Crippen molar-refractivity contribution in [2.75, 3.05) is 14.2 Å². The summed E-state index contributed by atoms with van der Waals surface area (Å²) >= 11 is 1.34. The van der Waals surface area contributed by atoms with Crippen LogP contribution in [0.2, 0.25) is 0 Å². The van der Waals surface area contributed by atoms with E-state index in [0.29, 0.717) is 39.9 Å². The number of halogens is 3. The van der Waals surface area contributed by atoms with Gasteiger partial charge in [0, 0.05) is 12.2 Å². The predicted octanol–water partition coefficient (Wildman–Crippen LogP) is 5.56. The van der Waals surface area contributed by atoms with E-state index in [1.165, 1.54) is 31.0 Å². The first kappa shape index (κ1) is 27.3. The molecule has 2 aromatic carbocycles. The van der Waals surface area contributed by atoms with E-state index >= 15 is 0 Å². The number of ether oxygens (including phenoxy) is 2. The molecule has 0 saturated heterocycles. The number of carbonyl (C=O) groups is 2. The van der Waals surface area contributed by atoms with Crippen molar-refractivity contribution in [3.05, 3.63) is 87.6 Å². The van der Waals surface area contributed by atoms with E-state index in [9.17, 15) is 22.8 Å². The largest absolute Gasteiger partial charge is 0.497 e. The van der Waals surface area contributed by atoms with E-state index in [1.54, 1.807) is 18.6 Å². The Morgan fingerprint density at radius 1 is 1.13 bits per heavy atom. The smallest absolute Gasteiger partial charge is 0.416 e. The number of amidine groups is 1. The molecule has 2 heterocycles. The molecule has 0 fully saturated rings. The fourth-order valence-electron chi connectivity index (χ4n) is 4.32. The topological polar surface area (TPSA) is 80.2 Å². The van der Waals surface area contributed by atoms with Crippen LogP contribution in [0.15, 0.2) is 75.9 Å². The summed E-state index contributed by atoms with van der Waals surface area (Å²) in [6.07, 6.45) is -4.04. The minimum atomic E-state index is -4.47. The van der Waals surface area contributed by atoms with Gasteiger partial charge in [-0.05, 0) is 47.2 Å². The Hall–Kier alpha value is -3.73. The van der Waals surface area contributed by atoms with Gasteiger partial charge < -0.3 is 19.7 Å². The van der Waals surface area contributed by atoms with E-state index in [4.69, 9.17) is 9.47 Å². The van der Waals surface area contributed by atoms with Crippen molar-refractivity contribution in [2.45, 2.75) is 38.5 Å². The molecule has 0 radical (unpaired) electrons. The highest BCUT2D eigenvalue weighted by atomic mass is 32.2. The van der Waals surface area contributed by atoms with Crippen molar-refractivity contribution in [1.29, 1.82) is 0 Å². The normalized spacial score (nSPS) is 17.0. The highest BCUT2D eigenvalue weighted by Gasteiger charge is 2.41. The molecule has 1 atom stereocenters. The molecular weight excluding hydrogens is 519 g/mol. The van der Waals surface area contributed by atoms with Crippen molar-refractivity contribution >= 4 is 28.8 Å². The van der Waals surface area contributed by atoms with Crippen LogP contribution in [0.1, 0.15) is 42.5 Å². The number of allylic oxidation sites excluding steroid dienone is 1. The molecule has 0 aromatic heterocycles. The first-order chi connectivity index (χ1) is 18.2. The molecule has 2 aliphatic rings. The van der Waals surface area contributed by atoms with Crippen molar-refractivity contribution in [1.82, 2.24) is 10.2 Å². The highest BCUT2D eigenvalue weighted by Crippen LogP contribution is 2.45. The number of benzene rings is 2. The van der Waals surface area contributed by atoms with Crippen LogP contribution in [0.3, 0.4) is 0 Å². The van der Waals surface area contributed by atoms with Crippen molar-refractivity contribution in [2.24, 2.45) is 4.99 Å². The number of esters is 1. The zero-order valence-corrected chi connectivity index (χ0v) is 21.8. The van der Waals surface area contributed by atoms with Gasteiger partial charge in [-0.1, -0.05) is 43.0 Å². The number of hydrogen-bond acceptors (Lipinski definition) is 7. The number of methoxy groups -OCH3 is 2. The molecule has 0 aliphatic carbocycles. The first-order valence-electron chi connectivity index (χ1n) is 11.8. The lowest BCUT2D eigenvalue weighted by Crippen LogP contribution is -2.38. The van der Waals surface area contributed by atoms with Crippen LogP contribution >= 0.6 is 11.8 Å². The maximum atomic E-state index is 13.0. The van der Waals surface area contributed by atoms with Gasteiger partial charge in [0.15, 0.2) is 5.17 Å². The van der Waals surface area contributed by atoms with Crippen LogP contribution in [0.25, 0.3) is 0 Å². The van der Waals surface area contributed by atoms with Gasteiger partial charge in [0.2, 0.25) is 5.91 Å². The van der Waals surface area contributed by atoms with Gasteiger partial charge in [-0.15, -0.1) is 0 Å². The summed E-state index contributed by atoms with van der Waals surface area (Å²) < 4.78 is 49.6. The van der Waals surface area contributed by atoms with Crippen molar-refractivity contribution in [3.63, 3.8) is 0 Å². The number of nitrogens with zero attached hydrogens (tertiary/aromatic N) is 2. The van der Waals surface area contributed by atoms with E-state index < -0.39 is 23.8 Å². The third-order valence-corrected chi connectivity index (χ3v) is 7.01. The summed E-state index contributed by atoms with van der Waals surface area (Å²) in [7, 11) is 2.86. The summed E-state index contributed by atoms with van der Waals surface area (Å²) in [5.74, 6) is -0.308. The number of nitrogens with one attached hydrogen (secondary N) is 1. The Kier molecular flexibility index (Phi) is 8.15. The third kappa shape index (κ3) is 5.72. The summed E-state index contributed by atoms with van der Waals surface area (Å²) in [6, 6.07) is 11.5. The lowest BCUT2D eigenvalue weighted by molar-refractivity contribution is -0.138. The Morgan fingerprint density at radius 2 is 1.89 bits per heavy atom. The molecule has 4 rings (SSSR count). The number of aliphatic imine (C=N–C) groups is 1. The fourth-order valence-corrected chi connectivity index (χ4v) is 5.26. The molecule has 1 amide bonds. The standard InChI is InChI=1S/C27H26F3N3O4S/c1-4-21-23(25(35)37-3)24(17-8-6-10-20(12-17)36-2)33-19(15-38-26(33)32-21)13-22(34)31-14-16-7-5-9-18(11-16)27(28,29)30/h5-12,15,24H,4,13-14H2,1-3H3,(H,31,34). The first-order valence-corrected chi connectivity index (χ1v) is 12.7. The molecule has 0 bridgehead atoms. The number of amides is 1. The van der Waals surface area contributed by atoms with E-state index in [0.717, 1.165) is 17.7 Å². The highest BCUT2D eigenvalue weighted by molar-refractivity contribution is 8.16. The second-order valence-electron chi connectivity index (χ2n) is 8.53. The van der Waals surface area contributed by atoms with Gasteiger partial charge in [-0.25, -0.2) is 9.79 Å². The van der Waals surface area contributed by atoms with Crippen LogP contribution in [-0.2, 0) is 27.0 Å². The average Bonchev–Trinajstić information content (AvgIpc) is 3.32. The van der Waals surface area contributed by atoms with Crippen molar-refractivity contribution < 1.29 is 32.2 Å². The van der Waals surface area contributed by atoms with Gasteiger partial charge in [0.1, 0.15) is 5.75 Å². The monoisotopic (exact) mass is 545 g/mol. The Morgan fingerprint density at radius 3 is 2.58 bits per heavy atom. The van der Waals surface area contributed by atoms with Crippen LogP contribution < -0.4 is 10.1 Å². The second-order valence-corrected chi connectivity index (χ2v) is 9.36. The second kappa shape index (κ2) is 11.3. The molecular formula is C27H26F3N3O4S. The average molecular weight is 546 g/mol. The van der Waals surface area contributed by atoms with Gasteiger partial charge >= 0.3 is 12.1 Å². The quantitative estimate of drug-likeness (QED) is 0.438. The zero-order chi connectivity index (χ0) is 27.4. The number of carbonyl (C=O) groups excluding carboxylic acids is 2. The van der Waals surface area contributed by atoms with Crippen LogP contribution in [-0.4, -0.2) is 36.2 Å². The maximum Gasteiger partial charge on any atom is 0.416 e. The van der Waals surface area contributed by atoms with Crippen molar-refractivity contribution in [3.8, 4) is 5.75 Å². The lowest BCUT2D eigenvalue weighted by atomic mass is 9.92. The molecule has 1 N–H and O–H groups in total. The summed E-state index contributed by atoms with van der Waals surface area (Å²) in [5, 5.41) is 5.10. The molecule has 200 valence electrons. The van der Waals surface area contributed by atoms with Crippen LogP contribution in [0.5, 0.6) is 5.75 Å². The number of alkyl halides is 3. The summed E-state index contributed by atoms with van der Waals surface area (Å²) in [4.78, 5) is 32.4. The van der Waals surface area contributed by atoms with Gasteiger partial charge in [0.05, 0.1) is 43.5 Å². The van der Waals surface area contributed by atoms with E-state index in [2.05, 4.69) is 10.3 Å². The molecule has 11 heteroatoms. The number of thioether (sulfide) groups is 1. The number of fused-ring (bicyclic) bond motifs is 1. The van der Waals surface area contributed by atoms with Crippen LogP contribution in [0.4, 0.5) is 13.2 Å². The molecule has 0 spiro atoms. The molecule has 2 aromatic rings. The molecule has 0 saturated carbocycles. The van der Waals surface area contributed by atoms with Crippen LogP contribution in [0, 0.1) is 0 Å². The Bertz CT molecular complexity index is 1340. The van der Waals surface area contributed by atoms with Gasteiger partial charge in [-0.3, -0.25) is 4.79 Å². The number of rotatable bonds is 8. The molecule has 38 heavy (non-hydrogen) atoms. The van der Waals surface area contributed by atoms with E-state index in [1.807, 2.05) is 30.0 Å². The summed E-state index contributed by atoms with van der Waals surface area (Å²) in [5.41, 5.74) is 1.86. The summed E-state index contributed by atoms with van der Waals surface area (Å²) in [6.45, 7) is 1.84. The molecule has 2 aliphatic heterocycles. The minimum absolute atomic E-state index is 0.0588. The SMILES string of the molecule is CCC1=C(C(=O)OC)C(c2cccc(OC)c2)N2C(CC(=O)NCc3cccc(C(F)(F)F)c3)=CSC2=N1. The van der Waals surface area contributed by atoms with Gasteiger partial charge in [0.25, 0.3) is 0 Å². The van der Waals surface area contributed by atoms with Gasteiger partial charge in [-0.2, -0.15) is 13.2 Å². The number of hydrogen-bond donors (Lipinski definition) is 1. The Balaban J connectivity index is 1.59. The maximum absolute atomic E-state index is 13.0. The molecule has 1 unspecified atom stereocenters. The fraction of sp³-hybridized carbons (Fsp3) is 0.296. The zero-order valence-electron chi connectivity index (χ0n) is 21.0. The minimum Gasteiger partial charge on any atom is -0.497 e. The third-order valence-electron chi connectivity index (χ3n) is 6.12. The predicted molar refractivity (Wildman–Crippen MR) is 138 cm³/mol. The van der Waals surface area contributed by atoms with E-state index in [-0.39, 0.29) is 18.9 Å². The molecule has 7 nitrogen and oxygen atoms in total. The lowest BCUT2D eigenvalue weighted by Gasteiger charge is -2.36.